The summed E-state index contributed by atoms with van der Waals surface area (Å²) in [5.74, 6) is -3.00. The lowest BCUT2D eigenvalue weighted by atomic mass is 9.91. The number of carboxylic acid groups (broad SMARTS) is 1. The van der Waals surface area contributed by atoms with Gasteiger partial charge in [-0.3, -0.25) is 9.59 Å². The van der Waals surface area contributed by atoms with Gasteiger partial charge in [0, 0.05) is 13.1 Å². The first kappa shape index (κ1) is 16.3. The summed E-state index contributed by atoms with van der Waals surface area (Å²) in [7, 11) is 0. The van der Waals surface area contributed by atoms with E-state index < -0.39 is 18.1 Å². The van der Waals surface area contributed by atoms with E-state index in [4.69, 9.17) is 5.11 Å². The van der Waals surface area contributed by atoms with E-state index in [-0.39, 0.29) is 25.4 Å². The molecule has 0 spiro atoms. The topological polar surface area (TPSA) is 57.6 Å². The first-order chi connectivity index (χ1) is 10.2. The van der Waals surface area contributed by atoms with Crippen molar-refractivity contribution in [1.82, 2.24) is 4.90 Å². The summed E-state index contributed by atoms with van der Waals surface area (Å²) in [6.07, 6.45) is -4.56. The number of nitrogens with zero attached hydrogens (tertiary/aromatic N) is 1. The Kier molecular flexibility index (Phi) is 4.44. The SMILES string of the molecule is CC(CC(=O)O)c1ccc2c(c1)CN(C(=O)C(F)(F)F)CC2. The minimum atomic E-state index is -4.87. The van der Waals surface area contributed by atoms with Crippen molar-refractivity contribution in [2.24, 2.45) is 0 Å². The number of carboxylic acids is 1. The molecule has 1 aliphatic rings. The fraction of sp³-hybridized carbons (Fsp3) is 0.467. The van der Waals surface area contributed by atoms with Gasteiger partial charge in [-0.05, 0) is 29.0 Å². The molecule has 1 N–H and O–H groups in total. The largest absolute Gasteiger partial charge is 0.481 e. The van der Waals surface area contributed by atoms with Crippen LogP contribution in [-0.2, 0) is 22.6 Å². The second kappa shape index (κ2) is 5.98. The molecule has 0 saturated heterocycles. The van der Waals surface area contributed by atoms with Gasteiger partial charge in [-0.2, -0.15) is 13.2 Å². The molecule has 1 aromatic carbocycles. The Bertz CT molecular complexity index is 598. The van der Waals surface area contributed by atoms with Gasteiger partial charge < -0.3 is 10.0 Å². The van der Waals surface area contributed by atoms with Crippen molar-refractivity contribution in [1.29, 1.82) is 0 Å². The van der Waals surface area contributed by atoms with Crippen LogP contribution < -0.4 is 0 Å². The lowest BCUT2D eigenvalue weighted by Gasteiger charge is -2.30. The van der Waals surface area contributed by atoms with Crippen LogP contribution in [0, 0.1) is 0 Å². The average molecular weight is 315 g/mol. The molecular formula is C15H16F3NO3. The van der Waals surface area contributed by atoms with Crippen molar-refractivity contribution in [2.75, 3.05) is 6.54 Å². The third kappa shape index (κ3) is 3.58. The molecule has 0 saturated carbocycles. The van der Waals surface area contributed by atoms with E-state index in [1.54, 1.807) is 25.1 Å². The molecule has 2 rings (SSSR count). The molecule has 22 heavy (non-hydrogen) atoms. The number of benzene rings is 1. The summed E-state index contributed by atoms with van der Waals surface area (Å²) in [5.41, 5.74) is 2.30. The summed E-state index contributed by atoms with van der Waals surface area (Å²) in [6.45, 7) is 1.69. The minimum Gasteiger partial charge on any atom is -0.481 e. The highest BCUT2D eigenvalue weighted by atomic mass is 19.4. The van der Waals surface area contributed by atoms with Crippen LogP contribution in [0.4, 0.5) is 13.2 Å². The molecule has 1 atom stereocenters. The van der Waals surface area contributed by atoms with E-state index in [1.807, 2.05) is 0 Å². The summed E-state index contributed by atoms with van der Waals surface area (Å²) in [4.78, 5) is 22.8. The van der Waals surface area contributed by atoms with Gasteiger partial charge in [0.15, 0.2) is 0 Å². The van der Waals surface area contributed by atoms with E-state index in [0.29, 0.717) is 12.0 Å². The average Bonchev–Trinajstić information content (AvgIpc) is 2.43. The van der Waals surface area contributed by atoms with E-state index in [1.165, 1.54) is 0 Å². The van der Waals surface area contributed by atoms with Crippen molar-refractivity contribution in [2.45, 2.75) is 38.4 Å². The zero-order valence-electron chi connectivity index (χ0n) is 12.0. The lowest BCUT2D eigenvalue weighted by Crippen LogP contribution is -2.43. The maximum atomic E-state index is 12.5. The molecule has 1 unspecified atom stereocenters. The fourth-order valence-corrected chi connectivity index (χ4v) is 2.62. The molecule has 7 heteroatoms. The summed E-state index contributed by atoms with van der Waals surface area (Å²) >= 11 is 0. The quantitative estimate of drug-likeness (QED) is 0.933. The maximum absolute atomic E-state index is 12.5. The van der Waals surface area contributed by atoms with Gasteiger partial charge in [-0.1, -0.05) is 25.1 Å². The highest BCUT2D eigenvalue weighted by molar-refractivity contribution is 5.82. The van der Waals surface area contributed by atoms with Crippen LogP contribution in [0.25, 0.3) is 0 Å². The smallest absolute Gasteiger partial charge is 0.471 e. The molecule has 1 aliphatic heterocycles. The third-order valence-electron chi connectivity index (χ3n) is 3.82. The van der Waals surface area contributed by atoms with Crippen LogP contribution >= 0.6 is 0 Å². The number of carbonyl (C=O) groups excluding carboxylic acids is 1. The summed E-state index contributed by atoms with van der Waals surface area (Å²) in [6, 6.07) is 5.31. The number of amides is 1. The van der Waals surface area contributed by atoms with Crippen molar-refractivity contribution in [3.63, 3.8) is 0 Å². The van der Waals surface area contributed by atoms with Crippen LogP contribution in [0.15, 0.2) is 18.2 Å². The number of hydrogen-bond acceptors (Lipinski definition) is 2. The fourth-order valence-electron chi connectivity index (χ4n) is 2.62. The Morgan fingerprint density at radius 2 is 2.00 bits per heavy atom. The Morgan fingerprint density at radius 3 is 2.59 bits per heavy atom. The van der Waals surface area contributed by atoms with Crippen molar-refractivity contribution < 1.29 is 27.9 Å². The standard InChI is InChI=1S/C15H16F3NO3/c1-9(6-13(20)21)11-3-2-10-4-5-19(8-12(10)7-11)14(22)15(16,17)18/h2-3,7,9H,4-6,8H2,1H3,(H,20,21). The lowest BCUT2D eigenvalue weighted by molar-refractivity contribution is -0.186. The van der Waals surface area contributed by atoms with Crippen LogP contribution in [0.2, 0.25) is 0 Å². The molecule has 4 nitrogen and oxygen atoms in total. The zero-order chi connectivity index (χ0) is 16.5. The number of hydrogen-bond donors (Lipinski definition) is 1. The Balaban J connectivity index is 2.20. The number of rotatable bonds is 3. The van der Waals surface area contributed by atoms with Crippen LogP contribution in [0.1, 0.15) is 36.0 Å². The summed E-state index contributed by atoms with van der Waals surface area (Å²) in [5, 5.41) is 8.81. The van der Waals surface area contributed by atoms with Crippen LogP contribution in [0.3, 0.4) is 0 Å². The second-order valence-electron chi connectivity index (χ2n) is 5.50. The van der Waals surface area contributed by atoms with Gasteiger partial charge in [0.05, 0.1) is 6.42 Å². The number of aliphatic carboxylic acids is 1. The minimum absolute atomic E-state index is 0.0371. The Labute approximate surface area is 125 Å². The molecule has 1 heterocycles. The monoisotopic (exact) mass is 315 g/mol. The number of alkyl halides is 3. The molecular weight excluding hydrogens is 299 g/mol. The van der Waals surface area contributed by atoms with E-state index in [9.17, 15) is 22.8 Å². The van der Waals surface area contributed by atoms with Crippen molar-refractivity contribution in [3.05, 3.63) is 34.9 Å². The van der Waals surface area contributed by atoms with E-state index in [0.717, 1.165) is 16.0 Å². The molecule has 0 aliphatic carbocycles. The Hall–Kier alpha value is -2.05. The highest BCUT2D eigenvalue weighted by Crippen LogP contribution is 2.28. The molecule has 1 aromatic rings. The zero-order valence-corrected chi connectivity index (χ0v) is 12.0. The molecule has 120 valence electrons. The Morgan fingerprint density at radius 1 is 1.32 bits per heavy atom. The van der Waals surface area contributed by atoms with Crippen LogP contribution in [0.5, 0.6) is 0 Å². The van der Waals surface area contributed by atoms with E-state index in [2.05, 4.69) is 0 Å². The van der Waals surface area contributed by atoms with Crippen molar-refractivity contribution in [3.8, 4) is 0 Å². The maximum Gasteiger partial charge on any atom is 0.471 e. The highest BCUT2D eigenvalue weighted by Gasteiger charge is 2.43. The van der Waals surface area contributed by atoms with Gasteiger partial charge in [0.1, 0.15) is 0 Å². The predicted octanol–water partition coefficient (Wildman–Crippen LogP) is 2.71. The third-order valence-corrected chi connectivity index (χ3v) is 3.82. The molecule has 0 aromatic heterocycles. The predicted molar refractivity (Wildman–Crippen MR) is 72.3 cm³/mol. The van der Waals surface area contributed by atoms with Gasteiger partial charge in [0.25, 0.3) is 0 Å². The number of halogens is 3. The molecule has 0 bridgehead atoms. The first-order valence-corrected chi connectivity index (χ1v) is 6.88. The van der Waals surface area contributed by atoms with Crippen LogP contribution in [-0.4, -0.2) is 34.6 Å². The van der Waals surface area contributed by atoms with Gasteiger partial charge in [-0.15, -0.1) is 0 Å². The molecule has 0 radical (unpaired) electrons. The number of carbonyl (C=O) groups is 2. The molecule has 0 fully saturated rings. The van der Waals surface area contributed by atoms with Crippen molar-refractivity contribution >= 4 is 11.9 Å². The van der Waals surface area contributed by atoms with Gasteiger partial charge in [-0.25, -0.2) is 0 Å². The van der Waals surface area contributed by atoms with Gasteiger partial charge >= 0.3 is 18.1 Å². The normalized spacial score (nSPS) is 16.1. The van der Waals surface area contributed by atoms with Gasteiger partial charge in [0.2, 0.25) is 0 Å². The second-order valence-corrected chi connectivity index (χ2v) is 5.50. The number of fused-ring (bicyclic) bond motifs is 1. The molecule has 1 amide bonds. The summed E-state index contributed by atoms with van der Waals surface area (Å²) < 4.78 is 37.5. The first-order valence-electron chi connectivity index (χ1n) is 6.88. The van der Waals surface area contributed by atoms with E-state index >= 15 is 0 Å².